The lowest BCUT2D eigenvalue weighted by atomic mass is 9.93. The van der Waals surface area contributed by atoms with Gasteiger partial charge >= 0.3 is 0 Å². The molecule has 1 aliphatic heterocycles. The Hall–Kier alpha value is -2.24. The zero-order valence-electron chi connectivity index (χ0n) is 17.3. The van der Waals surface area contributed by atoms with E-state index in [0.29, 0.717) is 12.3 Å². The van der Waals surface area contributed by atoms with E-state index < -0.39 is 0 Å². The Morgan fingerprint density at radius 2 is 2.07 bits per heavy atom. The van der Waals surface area contributed by atoms with Gasteiger partial charge in [0.1, 0.15) is 0 Å². The molecule has 1 aromatic carbocycles. The summed E-state index contributed by atoms with van der Waals surface area (Å²) < 4.78 is 0. The van der Waals surface area contributed by atoms with Gasteiger partial charge in [0.2, 0.25) is 5.91 Å². The first-order valence-corrected chi connectivity index (χ1v) is 10.0. The molecule has 0 saturated carbocycles. The summed E-state index contributed by atoms with van der Waals surface area (Å²) in [4.78, 5) is 20.7. The van der Waals surface area contributed by atoms with Crippen LogP contribution in [0.25, 0.3) is 0 Å². The third kappa shape index (κ3) is 6.45. The Balaban J connectivity index is 1.79. The number of piperidine rings is 1. The fourth-order valence-electron chi connectivity index (χ4n) is 3.64. The summed E-state index contributed by atoms with van der Waals surface area (Å²) in [6.45, 7) is 9.00. The van der Waals surface area contributed by atoms with Crippen molar-refractivity contribution in [1.29, 1.82) is 0 Å². The lowest BCUT2D eigenvalue weighted by Crippen LogP contribution is -2.47. The lowest BCUT2D eigenvalue weighted by Gasteiger charge is -2.34. The molecule has 1 amide bonds. The molecular weight excluding hydrogens is 338 g/mol. The molecule has 0 aliphatic carbocycles. The topological polar surface area (TPSA) is 60.0 Å². The molecular formula is C21H35N5O. The predicted molar refractivity (Wildman–Crippen MR) is 113 cm³/mol. The van der Waals surface area contributed by atoms with Crippen molar-refractivity contribution >= 4 is 17.6 Å². The van der Waals surface area contributed by atoms with E-state index in [1.807, 2.05) is 7.05 Å². The maximum Gasteiger partial charge on any atom is 0.220 e. The Morgan fingerprint density at radius 1 is 1.33 bits per heavy atom. The highest BCUT2D eigenvalue weighted by atomic mass is 16.1. The number of anilines is 1. The van der Waals surface area contributed by atoms with Gasteiger partial charge in [0.15, 0.2) is 5.96 Å². The second-order valence-electron chi connectivity index (χ2n) is 7.20. The van der Waals surface area contributed by atoms with E-state index in [1.54, 1.807) is 7.05 Å². The van der Waals surface area contributed by atoms with E-state index in [4.69, 9.17) is 0 Å². The Morgan fingerprint density at radius 3 is 2.67 bits per heavy atom. The predicted octanol–water partition coefficient (Wildman–Crippen LogP) is 2.24. The number of nitrogens with zero attached hydrogens (tertiary/aromatic N) is 3. The molecule has 0 unspecified atom stereocenters. The molecule has 2 N–H and O–H groups in total. The molecule has 1 saturated heterocycles. The number of nitrogens with one attached hydrogen (secondary N) is 2. The first-order valence-electron chi connectivity index (χ1n) is 10.0. The van der Waals surface area contributed by atoms with Gasteiger partial charge in [-0.05, 0) is 50.3 Å². The number of rotatable bonds is 7. The van der Waals surface area contributed by atoms with Crippen LogP contribution in [0.2, 0.25) is 0 Å². The summed E-state index contributed by atoms with van der Waals surface area (Å²) in [5.41, 5.74) is 2.55. The second-order valence-corrected chi connectivity index (χ2v) is 7.20. The van der Waals surface area contributed by atoms with E-state index in [-0.39, 0.29) is 5.91 Å². The van der Waals surface area contributed by atoms with Gasteiger partial charge in [-0.15, -0.1) is 0 Å². The fourth-order valence-corrected chi connectivity index (χ4v) is 3.64. The van der Waals surface area contributed by atoms with Crippen LogP contribution < -0.4 is 15.5 Å². The largest absolute Gasteiger partial charge is 0.370 e. The molecule has 0 aromatic heterocycles. The summed E-state index contributed by atoms with van der Waals surface area (Å²) in [5.74, 6) is 1.59. The molecule has 6 heteroatoms. The summed E-state index contributed by atoms with van der Waals surface area (Å²) >= 11 is 0. The second kappa shape index (κ2) is 10.8. The standard InChI is InChI=1S/C21H35N5O/c1-5-25(19-8-6-7-17(2)15-19)14-11-24-21(23-4)26-12-9-18(10-13-26)16-20(27)22-3/h6-8,15,18H,5,9-14,16H2,1-4H3,(H,22,27)(H,23,24). The number of carbonyl (C=O) groups is 1. The number of guanidine groups is 1. The fraction of sp³-hybridized carbons (Fsp3) is 0.619. The summed E-state index contributed by atoms with van der Waals surface area (Å²) in [7, 11) is 3.55. The van der Waals surface area contributed by atoms with E-state index in [2.05, 4.69) is 63.5 Å². The normalized spacial score (nSPS) is 15.6. The van der Waals surface area contributed by atoms with Crippen molar-refractivity contribution < 1.29 is 4.79 Å². The summed E-state index contributed by atoms with van der Waals surface area (Å²) in [5, 5.41) is 6.24. The number of benzene rings is 1. The highest BCUT2D eigenvalue weighted by Gasteiger charge is 2.23. The molecule has 0 bridgehead atoms. The van der Waals surface area contributed by atoms with Gasteiger partial charge in [-0.3, -0.25) is 9.79 Å². The molecule has 1 heterocycles. The van der Waals surface area contributed by atoms with Crippen molar-refractivity contribution in [1.82, 2.24) is 15.5 Å². The van der Waals surface area contributed by atoms with Crippen LogP contribution in [0.5, 0.6) is 0 Å². The van der Waals surface area contributed by atoms with Gasteiger partial charge in [0.05, 0.1) is 0 Å². The summed E-state index contributed by atoms with van der Waals surface area (Å²) in [6.07, 6.45) is 2.72. The van der Waals surface area contributed by atoms with Gasteiger partial charge in [0.25, 0.3) is 0 Å². The van der Waals surface area contributed by atoms with Crippen molar-refractivity contribution in [3.63, 3.8) is 0 Å². The smallest absolute Gasteiger partial charge is 0.220 e. The third-order valence-corrected chi connectivity index (χ3v) is 5.29. The maximum atomic E-state index is 11.6. The number of aliphatic imine (C=N–C) groups is 1. The Labute approximate surface area is 164 Å². The van der Waals surface area contributed by atoms with E-state index >= 15 is 0 Å². The lowest BCUT2D eigenvalue weighted by molar-refractivity contribution is -0.121. The third-order valence-electron chi connectivity index (χ3n) is 5.29. The van der Waals surface area contributed by atoms with Crippen LogP contribution in [0.1, 0.15) is 31.7 Å². The minimum absolute atomic E-state index is 0.145. The molecule has 1 aliphatic rings. The molecule has 150 valence electrons. The molecule has 2 rings (SSSR count). The first kappa shape index (κ1) is 21.1. The highest BCUT2D eigenvalue weighted by molar-refractivity contribution is 5.80. The number of aryl methyl sites for hydroxylation is 1. The van der Waals surface area contributed by atoms with Crippen molar-refractivity contribution in [3.8, 4) is 0 Å². The zero-order chi connectivity index (χ0) is 19.6. The number of amides is 1. The monoisotopic (exact) mass is 373 g/mol. The molecule has 27 heavy (non-hydrogen) atoms. The Bertz CT molecular complexity index is 623. The van der Waals surface area contributed by atoms with Crippen LogP contribution in [0, 0.1) is 12.8 Å². The zero-order valence-corrected chi connectivity index (χ0v) is 17.3. The van der Waals surface area contributed by atoms with Gasteiger partial charge in [0, 0.05) is 58.9 Å². The van der Waals surface area contributed by atoms with Crippen LogP contribution in [-0.4, -0.2) is 63.6 Å². The number of carbonyl (C=O) groups excluding carboxylic acids is 1. The molecule has 1 fully saturated rings. The van der Waals surface area contributed by atoms with Gasteiger partial charge in [-0.25, -0.2) is 0 Å². The molecule has 0 atom stereocenters. The quantitative estimate of drug-likeness (QED) is 0.568. The molecule has 0 spiro atoms. The minimum atomic E-state index is 0.145. The van der Waals surface area contributed by atoms with Crippen LogP contribution in [-0.2, 0) is 4.79 Å². The van der Waals surface area contributed by atoms with Crippen LogP contribution >= 0.6 is 0 Å². The van der Waals surface area contributed by atoms with Gasteiger partial charge in [-0.1, -0.05) is 12.1 Å². The SMILES string of the molecule is CCN(CCNC(=NC)N1CCC(CC(=O)NC)CC1)c1cccc(C)c1. The van der Waals surface area contributed by atoms with E-state index in [0.717, 1.165) is 51.5 Å². The average Bonchev–Trinajstić information content (AvgIpc) is 2.69. The minimum Gasteiger partial charge on any atom is -0.370 e. The van der Waals surface area contributed by atoms with Crippen molar-refractivity contribution in [2.75, 3.05) is 51.7 Å². The van der Waals surface area contributed by atoms with Crippen molar-refractivity contribution in [3.05, 3.63) is 29.8 Å². The summed E-state index contributed by atoms with van der Waals surface area (Å²) in [6, 6.07) is 8.64. The Kier molecular flexibility index (Phi) is 8.43. The number of hydrogen-bond donors (Lipinski definition) is 2. The first-order chi connectivity index (χ1) is 13.1. The van der Waals surface area contributed by atoms with Gasteiger partial charge < -0.3 is 20.4 Å². The van der Waals surface area contributed by atoms with Crippen LogP contribution in [0.4, 0.5) is 5.69 Å². The van der Waals surface area contributed by atoms with Crippen LogP contribution in [0.3, 0.4) is 0 Å². The van der Waals surface area contributed by atoms with E-state index in [9.17, 15) is 4.79 Å². The average molecular weight is 374 g/mol. The van der Waals surface area contributed by atoms with Crippen molar-refractivity contribution in [2.45, 2.75) is 33.1 Å². The molecule has 6 nitrogen and oxygen atoms in total. The van der Waals surface area contributed by atoms with Crippen LogP contribution in [0.15, 0.2) is 29.3 Å². The number of hydrogen-bond acceptors (Lipinski definition) is 3. The van der Waals surface area contributed by atoms with Gasteiger partial charge in [-0.2, -0.15) is 0 Å². The number of likely N-dealkylation sites (tertiary alicyclic amines) is 1. The maximum absolute atomic E-state index is 11.6. The van der Waals surface area contributed by atoms with E-state index in [1.165, 1.54) is 11.3 Å². The molecule has 1 aromatic rings. The highest BCUT2D eigenvalue weighted by Crippen LogP contribution is 2.20. The molecule has 0 radical (unpaired) electrons. The number of likely N-dealkylation sites (N-methyl/N-ethyl adjacent to an activating group) is 1. The van der Waals surface area contributed by atoms with Crippen molar-refractivity contribution in [2.24, 2.45) is 10.9 Å².